The maximum absolute atomic E-state index is 6.20. The van der Waals surface area contributed by atoms with Gasteiger partial charge in [0.25, 0.3) is 0 Å². The predicted molar refractivity (Wildman–Crippen MR) is 71.2 cm³/mol. The minimum atomic E-state index is 0.304. The zero-order chi connectivity index (χ0) is 11.8. The summed E-state index contributed by atoms with van der Waals surface area (Å²) >= 11 is 6.20. The molecule has 1 heteroatoms. The molecule has 0 bridgehead atoms. The van der Waals surface area contributed by atoms with Gasteiger partial charge in [-0.05, 0) is 61.1 Å². The summed E-state index contributed by atoms with van der Waals surface area (Å²) < 4.78 is 0. The van der Waals surface area contributed by atoms with E-state index < -0.39 is 0 Å². The lowest BCUT2D eigenvalue weighted by molar-refractivity contribution is 0.312. The summed E-state index contributed by atoms with van der Waals surface area (Å²) in [5, 5.41) is 0. The highest BCUT2D eigenvalue weighted by Crippen LogP contribution is 2.48. The van der Waals surface area contributed by atoms with Gasteiger partial charge >= 0.3 is 0 Å². The second kappa shape index (κ2) is 4.41. The van der Waals surface area contributed by atoms with Crippen LogP contribution in [0.2, 0.25) is 0 Å². The molecule has 1 aromatic rings. The van der Waals surface area contributed by atoms with E-state index in [9.17, 15) is 0 Å². The first-order valence-corrected chi connectivity index (χ1v) is 6.71. The Hall–Kier alpha value is -0.490. The van der Waals surface area contributed by atoms with Gasteiger partial charge in [-0.3, -0.25) is 0 Å². The first kappa shape index (κ1) is 12.0. The van der Waals surface area contributed by atoms with Crippen LogP contribution in [0.15, 0.2) is 18.2 Å². The van der Waals surface area contributed by atoms with Crippen LogP contribution in [0, 0.1) is 25.2 Å². The van der Waals surface area contributed by atoms with Crippen LogP contribution in [0.3, 0.4) is 0 Å². The number of rotatable bonds is 4. The lowest BCUT2D eigenvalue weighted by Gasteiger charge is -2.28. The van der Waals surface area contributed by atoms with Crippen molar-refractivity contribution in [3.8, 4) is 0 Å². The lowest BCUT2D eigenvalue weighted by Crippen LogP contribution is -2.25. The molecule has 88 valence electrons. The molecular weight excluding hydrogens is 216 g/mol. The van der Waals surface area contributed by atoms with Crippen molar-refractivity contribution < 1.29 is 0 Å². The molecule has 2 rings (SSSR count). The largest absolute Gasteiger partial charge is 0.126 e. The van der Waals surface area contributed by atoms with Gasteiger partial charge in [0.2, 0.25) is 0 Å². The van der Waals surface area contributed by atoms with Gasteiger partial charge in [-0.25, -0.2) is 0 Å². The van der Waals surface area contributed by atoms with E-state index in [-0.39, 0.29) is 0 Å². The normalized spacial score (nSPS) is 19.5. The molecule has 0 nitrogen and oxygen atoms in total. The van der Waals surface area contributed by atoms with Crippen molar-refractivity contribution in [3.05, 3.63) is 34.9 Å². The lowest BCUT2D eigenvalue weighted by atomic mass is 9.78. The second-order valence-corrected chi connectivity index (χ2v) is 5.88. The molecule has 0 heterocycles. The van der Waals surface area contributed by atoms with Crippen molar-refractivity contribution in [2.75, 3.05) is 5.88 Å². The fraction of sp³-hybridized carbons (Fsp3) is 0.600. The average molecular weight is 237 g/mol. The Kier molecular flexibility index (Phi) is 3.30. The Balaban J connectivity index is 2.25. The first-order chi connectivity index (χ1) is 7.57. The molecule has 0 aromatic heterocycles. The molecule has 0 amide bonds. The van der Waals surface area contributed by atoms with E-state index in [1.165, 1.54) is 29.5 Å². The quantitative estimate of drug-likeness (QED) is 0.676. The van der Waals surface area contributed by atoms with Gasteiger partial charge in [0, 0.05) is 5.88 Å². The van der Waals surface area contributed by atoms with Crippen LogP contribution < -0.4 is 0 Å². The maximum atomic E-state index is 6.20. The van der Waals surface area contributed by atoms with Crippen LogP contribution in [0.25, 0.3) is 0 Å². The molecule has 1 atom stereocenters. The fourth-order valence-corrected chi connectivity index (χ4v) is 2.93. The highest BCUT2D eigenvalue weighted by molar-refractivity contribution is 6.18. The molecule has 0 saturated heterocycles. The van der Waals surface area contributed by atoms with E-state index in [2.05, 4.69) is 39.0 Å². The summed E-state index contributed by atoms with van der Waals surface area (Å²) in [7, 11) is 0. The maximum Gasteiger partial charge on any atom is 0.0283 e. The Bertz CT molecular complexity index is 359. The van der Waals surface area contributed by atoms with Crippen LogP contribution in [-0.2, 0) is 6.42 Å². The van der Waals surface area contributed by atoms with E-state index in [4.69, 9.17) is 11.6 Å². The molecule has 1 aromatic carbocycles. The Morgan fingerprint density at radius 1 is 1.25 bits per heavy atom. The van der Waals surface area contributed by atoms with E-state index in [0.29, 0.717) is 5.41 Å². The molecule has 1 aliphatic carbocycles. The van der Waals surface area contributed by atoms with Crippen LogP contribution in [0.1, 0.15) is 36.5 Å². The van der Waals surface area contributed by atoms with E-state index in [0.717, 1.165) is 18.2 Å². The third kappa shape index (κ3) is 2.27. The topological polar surface area (TPSA) is 0 Å². The van der Waals surface area contributed by atoms with Crippen molar-refractivity contribution in [1.82, 2.24) is 0 Å². The summed E-state index contributed by atoms with van der Waals surface area (Å²) in [6.45, 7) is 6.78. The van der Waals surface area contributed by atoms with Gasteiger partial charge in [0.15, 0.2) is 0 Å². The predicted octanol–water partition coefficient (Wildman–Crippen LogP) is 4.50. The number of halogens is 1. The first-order valence-electron chi connectivity index (χ1n) is 6.18. The third-order valence-corrected chi connectivity index (χ3v) is 4.70. The number of benzene rings is 1. The molecular formula is C15H21Cl. The summed E-state index contributed by atoms with van der Waals surface area (Å²) in [5.41, 5.74) is 4.64. The second-order valence-electron chi connectivity index (χ2n) is 5.61. The molecule has 0 spiro atoms. The van der Waals surface area contributed by atoms with Gasteiger partial charge in [-0.2, -0.15) is 0 Å². The van der Waals surface area contributed by atoms with E-state index in [1.54, 1.807) is 0 Å². The van der Waals surface area contributed by atoms with Crippen LogP contribution in [-0.4, -0.2) is 5.88 Å². The van der Waals surface area contributed by atoms with Gasteiger partial charge < -0.3 is 0 Å². The Labute approximate surface area is 104 Å². The van der Waals surface area contributed by atoms with Gasteiger partial charge in [0.1, 0.15) is 0 Å². The standard InChI is InChI=1S/C15H21Cl/c1-11-5-4-6-12(2)14(11)9-15(3,10-16)13-7-8-13/h4-6,13H,7-10H2,1-3H3. The van der Waals surface area contributed by atoms with Crippen molar-refractivity contribution in [2.45, 2.75) is 40.0 Å². The molecule has 1 fully saturated rings. The molecule has 0 N–H and O–H groups in total. The van der Waals surface area contributed by atoms with Crippen molar-refractivity contribution in [3.63, 3.8) is 0 Å². The summed E-state index contributed by atoms with van der Waals surface area (Å²) in [6.07, 6.45) is 3.88. The molecule has 16 heavy (non-hydrogen) atoms. The molecule has 1 aliphatic rings. The molecule has 0 aliphatic heterocycles. The average Bonchev–Trinajstić information content (AvgIpc) is 3.07. The smallest absolute Gasteiger partial charge is 0.0283 e. The molecule has 1 saturated carbocycles. The molecule has 0 radical (unpaired) electrons. The van der Waals surface area contributed by atoms with Gasteiger partial charge in [-0.15, -0.1) is 11.6 Å². The minimum Gasteiger partial charge on any atom is -0.126 e. The van der Waals surface area contributed by atoms with Crippen molar-refractivity contribution in [2.24, 2.45) is 11.3 Å². The SMILES string of the molecule is Cc1cccc(C)c1CC(C)(CCl)C1CC1. The number of hydrogen-bond acceptors (Lipinski definition) is 0. The zero-order valence-electron chi connectivity index (χ0n) is 10.5. The van der Waals surface area contributed by atoms with Gasteiger partial charge in [0.05, 0.1) is 0 Å². The van der Waals surface area contributed by atoms with Crippen LogP contribution in [0.4, 0.5) is 0 Å². The highest BCUT2D eigenvalue weighted by atomic mass is 35.5. The van der Waals surface area contributed by atoms with Crippen LogP contribution in [0.5, 0.6) is 0 Å². The Morgan fingerprint density at radius 2 is 1.81 bits per heavy atom. The van der Waals surface area contributed by atoms with Crippen molar-refractivity contribution in [1.29, 1.82) is 0 Å². The van der Waals surface area contributed by atoms with Crippen molar-refractivity contribution >= 4 is 11.6 Å². The van der Waals surface area contributed by atoms with Gasteiger partial charge in [-0.1, -0.05) is 25.1 Å². The summed E-state index contributed by atoms with van der Waals surface area (Å²) in [5.74, 6) is 1.63. The van der Waals surface area contributed by atoms with E-state index in [1.807, 2.05) is 0 Å². The third-order valence-electron chi connectivity index (χ3n) is 4.09. The minimum absolute atomic E-state index is 0.304. The molecule has 1 unspecified atom stereocenters. The number of alkyl halides is 1. The summed E-state index contributed by atoms with van der Waals surface area (Å²) in [4.78, 5) is 0. The Morgan fingerprint density at radius 3 is 2.25 bits per heavy atom. The highest BCUT2D eigenvalue weighted by Gasteiger charge is 2.41. The number of hydrogen-bond donors (Lipinski definition) is 0. The zero-order valence-corrected chi connectivity index (χ0v) is 11.3. The van der Waals surface area contributed by atoms with Crippen LogP contribution >= 0.6 is 11.6 Å². The fourth-order valence-electron chi connectivity index (χ4n) is 2.61. The monoisotopic (exact) mass is 236 g/mol. The summed E-state index contributed by atoms with van der Waals surface area (Å²) in [6, 6.07) is 6.57. The van der Waals surface area contributed by atoms with E-state index >= 15 is 0 Å². The number of aryl methyl sites for hydroxylation is 2.